The average Bonchev–Trinajstić information content (AvgIpc) is 2.96. The van der Waals surface area contributed by atoms with E-state index < -0.39 is 0 Å². The van der Waals surface area contributed by atoms with Crippen molar-refractivity contribution in [2.75, 3.05) is 31.6 Å². The average molecular weight is 323 g/mol. The highest BCUT2D eigenvalue weighted by Gasteiger charge is 2.37. The number of thiazole rings is 1. The first-order valence-corrected chi connectivity index (χ1v) is 8.56. The summed E-state index contributed by atoms with van der Waals surface area (Å²) in [5.74, 6) is -0.206. The van der Waals surface area contributed by atoms with Gasteiger partial charge in [0.05, 0.1) is 0 Å². The van der Waals surface area contributed by atoms with Gasteiger partial charge < -0.3 is 15.0 Å². The van der Waals surface area contributed by atoms with Crippen molar-refractivity contribution in [3.8, 4) is 0 Å². The number of carbonyl (C=O) groups is 2. The molecule has 0 radical (unpaired) electrons. The summed E-state index contributed by atoms with van der Waals surface area (Å²) in [4.78, 5) is 29.6. The third-order valence-electron chi connectivity index (χ3n) is 4.67. The molecule has 2 aliphatic rings. The predicted molar refractivity (Wildman–Crippen MR) is 84.0 cm³/mol. The number of nitrogens with zero attached hydrogens (tertiary/aromatic N) is 2. The normalized spacial score (nSPS) is 20.9. The zero-order chi connectivity index (χ0) is 15.6. The fraction of sp³-hybridized carbons (Fsp3) is 0.667. The Morgan fingerprint density at radius 2 is 1.95 bits per heavy atom. The molecule has 1 N–H and O–H groups in total. The van der Waals surface area contributed by atoms with E-state index in [1.54, 1.807) is 5.38 Å². The zero-order valence-corrected chi connectivity index (χ0v) is 13.6. The minimum Gasteiger partial charge on any atom is -0.381 e. The van der Waals surface area contributed by atoms with E-state index in [-0.39, 0.29) is 11.8 Å². The number of carbonyl (C=O) groups excluding carboxylic acids is 2. The minimum absolute atomic E-state index is 0.0326. The molecule has 0 aromatic carbocycles. The Morgan fingerprint density at radius 3 is 2.59 bits per heavy atom. The lowest BCUT2D eigenvalue weighted by atomic mass is 9.72. The van der Waals surface area contributed by atoms with Crippen molar-refractivity contribution in [1.29, 1.82) is 0 Å². The first-order valence-electron chi connectivity index (χ1n) is 7.68. The van der Waals surface area contributed by atoms with Gasteiger partial charge in [0.2, 0.25) is 5.91 Å². The Hall–Kier alpha value is -1.47. The van der Waals surface area contributed by atoms with E-state index in [9.17, 15) is 9.59 Å². The molecule has 0 aliphatic carbocycles. The maximum absolute atomic E-state index is 12.5. The Morgan fingerprint density at radius 1 is 1.27 bits per heavy atom. The Balaban J connectivity index is 1.59. The summed E-state index contributed by atoms with van der Waals surface area (Å²) in [5.41, 5.74) is 0.801. The maximum atomic E-state index is 12.5. The fourth-order valence-corrected chi connectivity index (χ4v) is 3.96. The summed E-state index contributed by atoms with van der Waals surface area (Å²) in [7, 11) is 0. The van der Waals surface area contributed by atoms with Crippen LogP contribution in [-0.4, -0.2) is 48.0 Å². The number of nitrogens with one attached hydrogen (secondary N) is 1. The smallest absolute Gasteiger partial charge is 0.273 e. The van der Waals surface area contributed by atoms with Gasteiger partial charge in [0, 0.05) is 38.6 Å². The van der Waals surface area contributed by atoms with Crippen molar-refractivity contribution in [2.45, 2.75) is 32.6 Å². The molecule has 1 spiro atoms. The standard InChI is InChI=1S/C15H21N3O3S/c1-11(19)16-14-17-12(10-22-14)13(20)18-6-2-15(3-7-18)4-8-21-9-5-15/h10H,2-9H2,1H3,(H,16,17,19). The van der Waals surface area contributed by atoms with E-state index in [4.69, 9.17) is 4.74 Å². The van der Waals surface area contributed by atoms with Gasteiger partial charge in [-0.05, 0) is 31.1 Å². The van der Waals surface area contributed by atoms with E-state index in [0.717, 1.165) is 52.0 Å². The summed E-state index contributed by atoms with van der Waals surface area (Å²) in [6.45, 7) is 4.69. The molecular formula is C15H21N3O3S. The second-order valence-electron chi connectivity index (χ2n) is 6.12. The number of ether oxygens (including phenoxy) is 1. The highest BCUT2D eigenvalue weighted by molar-refractivity contribution is 7.14. The number of anilines is 1. The Labute approximate surface area is 133 Å². The molecule has 0 unspecified atom stereocenters. The van der Waals surface area contributed by atoms with E-state index in [0.29, 0.717) is 16.2 Å². The van der Waals surface area contributed by atoms with Crippen LogP contribution in [0.5, 0.6) is 0 Å². The van der Waals surface area contributed by atoms with Crippen LogP contribution in [0.3, 0.4) is 0 Å². The molecule has 2 amide bonds. The van der Waals surface area contributed by atoms with Gasteiger partial charge in [-0.3, -0.25) is 9.59 Å². The molecule has 0 atom stereocenters. The zero-order valence-electron chi connectivity index (χ0n) is 12.8. The molecule has 1 aromatic rings. The van der Waals surface area contributed by atoms with E-state index in [1.807, 2.05) is 4.90 Å². The molecule has 7 heteroatoms. The largest absolute Gasteiger partial charge is 0.381 e. The molecule has 2 aliphatic heterocycles. The highest BCUT2D eigenvalue weighted by Crippen LogP contribution is 2.40. The van der Waals surface area contributed by atoms with Crippen LogP contribution in [0.2, 0.25) is 0 Å². The van der Waals surface area contributed by atoms with Crippen molar-refractivity contribution in [3.05, 3.63) is 11.1 Å². The van der Waals surface area contributed by atoms with Gasteiger partial charge in [0.15, 0.2) is 5.13 Å². The molecule has 22 heavy (non-hydrogen) atoms. The number of likely N-dealkylation sites (tertiary alicyclic amines) is 1. The monoisotopic (exact) mass is 323 g/mol. The van der Waals surface area contributed by atoms with Gasteiger partial charge in [-0.2, -0.15) is 0 Å². The SMILES string of the molecule is CC(=O)Nc1nc(C(=O)N2CCC3(CCOCC3)CC2)cs1. The molecule has 120 valence electrons. The van der Waals surface area contributed by atoms with Gasteiger partial charge in [-0.15, -0.1) is 11.3 Å². The molecule has 0 saturated carbocycles. The molecule has 2 saturated heterocycles. The van der Waals surface area contributed by atoms with Crippen LogP contribution >= 0.6 is 11.3 Å². The van der Waals surface area contributed by atoms with E-state index in [2.05, 4.69) is 10.3 Å². The molecule has 6 nitrogen and oxygen atoms in total. The number of amides is 2. The molecule has 0 bridgehead atoms. The lowest BCUT2D eigenvalue weighted by molar-refractivity contribution is -0.114. The van der Waals surface area contributed by atoms with Crippen molar-refractivity contribution in [1.82, 2.24) is 9.88 Å². The first kappa shape index (κ1) is 15.4. The van der Waals surface area contributed by atoms with Crippen LogP contribution < -0.4 is 5.32 Å². The second kappa shape index (κ2) is 6.34. The van der Waals surface area contributed by atoms with Gasteiger partial charge in [0.25, 0.3) is 5.91 Å². The predicted octanol–water partition coefficient (Wildman–Crippen LogP) is 2.13. The Bertz CT molecular complexity index is 556. The van der Waals surface area contributed by atoms with E-state index >= 15 is 0 Å². The molecule has 1 aromatic heterocycles. The van der Waals surface area contributed by atoms with Crippen LogP contribution in [0.15, 0.2) is 5.38 Å². The van der Waals surface area contributed by atoms with Crippen molar-refractivity contribution in [2.24, 2.45) is 5.41 Å². The third-order valence-corrected chi connectivity index (χ3v) is 5.43. The van der Waals surface area contributed by atoms with Crippen LogP contribution in [0.1, 0.15) is 43.1 Å². The molecule has 3 heterocycles. The van der Waals surface area contributed by atoms with Gasteiger partial charge in [0.1, 0.15) is 5.69 Å². The first-order chi connectivity index (χ1) is 10.6. The summed E-state index contributed by atoms with van der Waals surface area (Å²) < 4.78 is 5.45. The van der Waals surface area contributed by atoms with Crippen molar-refractivity contribution >= 4 is 28.3 Å². The number of piperidine rings is 1. The lowest BCUT2D eigenvalue weighted by Gasteiger charge is -2.43. The molecular weight excluding hydrogens is 302 g/mol. The number of hydrogen-bond acceptors (Lipinski definition) is 5. The number of rotatable bonds is 2. The summed E-state index contributed by atoms with van der Waals surface area (Å²) in [5, 5.41) is 4.81. The second-order valence-corrected chi connectivity index (χ2v) is 6.98. The van der Waals surface area contributed by atoms with Crippen LogP contribution in [-0.2, 0) is 9.53 Å². The van der Waals surface area contributed by atoms with Gasteiger partial charge >= 0.3 is 0 Å². The van der Waals surface area contributed by atoms with Crippen LogP contribution in [0.25, 0.3) is 0 Å². The van der Waals surface area contributed by atoms with Gasteiger partial charge in [-0.1, -0.05) is 0 Å². The third kappa shape index (κ3) is 3.30. The van der Waals surface area contributed by atoms with Crippen molar-refractivity contribution < 1.29 is 14.3 Å². The maximum Gasteiger partial charge on any atom is 0.273 e. The van der Waals surface area contributed by atoms with E-state index in [1.165, 1.54) is 18.3 Å². The molecule has 2 fully saturated rings. The topological polar surface area (TPSA) is 71.5 Å². The Kier molecular flexibility index (Phi) is 4.44. The minimum atomic E-state index is -0.173. The molecule has 3 rings (SSSR count). The van der Waals surface area contributed by atoms with Crippen LogP contribution in [0.4, 0.5) is 5.13 Å². The van der Waals surface area contributed by atoms with Crippen LogP contribution in [0, 0.1) is 5.41 Å². The summed E-state index contributed by atoms with van der Waals surface area (Å²) >= 11 is 1.28. The summed E-state index contributed by atoms with van der Waals surface area (Å²) in [6.07, 6.45) is 4.31. The lowest BCUT2D eigenvalue weighted by Crippen LogP contribution is -2.45. The quantitative estimate of drug-likeness (QED) is 0.905. The van der Waals surface area contributed by atoms with Crippen molar-refractivity contribution in [3.63, 3.8) is 0 Å². The van der Waals surface area contributed by atoms with Gasteiger partial charge in [-0.25, -0.2) is 4.98 Å². The number of hydrogen-bond donors (Lipinski definition) is 1. The number of aromatic nitrogens is 1. The fourth-order valence-electron chi connectivity index (χ4n) is 3.23. The highest BCUT2D eigenvalue weighted by atomic mass is 32.1. The summed E-state index contributed by atoms with van der Waals surface area (Å²) in [6, 6.07) is 0.